The first-order chi connectivity index (χ1) is 10.1. The highest BCUT2D eigenvalue weighted by Gasteiger charge is 2.13. The fourth-order valence-electron chi connectivity index (χ4n) is 1.80. The van der Waals surface area contributed by atoms with Crippen LogP contribution in [0.25, 0.3) is 0 Å². The number of carbonyl (C=O) groups excluding carboxylic acids is 2. The van der Waals surface area contributed by atoms with Crippen LogP contribution in [-0.2, 0) is 16.1 Å². The van der Waals surface area contributed by atoms with Crippen molar-refractivity contribution >= 4 is 28.8 Å². The maximum atomic E-state index is 11.8. The lowest BCUT2D eigenvalue weighted by atomic mass is 10.0. The molecule has 0 bridgehead atoms. The number of amides is 2. The molecule has 2 amide bonds. The molecule has 2 N–H and O–H groups in total. The second-order valence-corrected chi connectivity index (χ2v) is 5.83. The van der Waals surface area contributed by atoms with Gasteiger partial charge in [0, 0.05) is 12.2 Å². The Kier molecular flexibility index (Phi) is 5.11. The molecule has 0 atom stereocenters. The summed E-state index contributed by atoms with van der Waals surface area (Å²) in [4.78, 5) is 23.5. The number of benzene rings is 1. The molecular weight excluding hydrogens is 284 g/mol. The van der Waals surface area contributed by atoms with Crippen molar-refractivity contribution in [2.75, 3.05) is 5.32 Å². The van der Waals surface area contributed by atoms with Crippen LogP contribution in [0.15, 0.2) is 41.1 Å². The number of thiophene rings is 1. The van der Waals surface area contributed by atoms with Crippen molar-refractivity contribution in [1.29, 1.82) is 0 Å². The van der Waals surface area contributed by atoms with E-state index in [0.717, 1.165) is 5.56 Å². The topological polar surface area (TPSA) is 58.2 Å². The summed E-state index contributed by atoms with van der Waals surface area (Å²) in [6.45, 7) is 4.57. The Bertz CT molecular complexity index is 604. The minimum absolute atomic E-state index is 0.363. The molecule has 0 saturated heterocycles. The Balaban J connectivity index is 1.86. The van der Waals surface area contributed by atoms with E-state index in [-0.39, 0.29) is 0 Å². The largest absolute Gasteiger partial charge is 0.344 e. The van der Waals surface area contributed by atoms with E-state index in [1.165, 1.54) is 5.56 Å². The molecule has 2 rings (SSSR count). The molecule has 0 aliphatic carbocycles. The third-order valence-corrected chi connectivity index (χ3v) is 3.81. The van der Waals surface area contributed by atoms with Crippen molar-refractivity contribution in [2.24, 2.45) is 0 Å². The van der Waals surface area contributed by atoms with Gasteiger partial charge in [0.1, 0.15) is 0 Å². The first-order valence-electron chi connectivity index (χ1n) is 6.76. The van der Waals surface area contributed by atoms with Crippen molar-refractivity contribution in [3.63, 3.8) is 0 Å². The number of hydrogen-bond acceptors (Lipinski definition) is 3. The lowest BCUT2D eigenvalue weighted by Crippen LogP contribution is -2.34. The standard InChI is InChI=1S/C16H18N2O2S/c1-11(2)13-3-5-14(6-4-13)18-16(20)15(19)17-9-12-7-8-21-10-12/h3-8,10-11H,9H2,1-2H3,(H,17,19)(H,18,20). The minimum atomic E-state index is -0.650. The molecule has 1 aromatic carbocycles. The average Bonchev–Trinajstić information content (AvgIpc) is 2.98. The van der Waals surface area contributed by atoms with Crippen molar-refractivity contribution in [2.45, 2.75) is 26.3 Å². The summed E-state index contributed by atoms with van der Waals surface area (Å²) in [5.74, 6) is -0.847. The molecule has 0 saturated carbocycles. The second-order valence-electron chi connectivity index (χ2n) is 5.05. The van der Waals surface area contributed by atoms with Crippen LogP contribution in [-0.4, -0.2) is 11.8 Å². The highest BCUT2D eigenvalue weighted by molar-refractivity contribution is 7.07. The van der Waals surface area contributed by atoms with E-state index >= 15 is 0 Å². The van der Waals surface area contributed by atoms with Gasteiger partial charge in [0.25, 0.3) is 0 Å². The van der Waals surface area contributed by atoms with Crippen LogP contribution >= 0.6 is 11.3 Å². The lowest BCUT2D eigenvalue weighted by Gasteiger charge is -2.08. The Morgan fingerprint density at radius 3 is 2.38 bits per heavy atom. The SMILES string of the molecule is CC(C)c1ccc(NC(=O)C(=O)NCc2ccsc2)cc1. The summed E-state index contributed by atoms with van der Waals surface area (Å²) in [6, 6.07) is 9.42. The Morgan fingerprint density at radius 2 is 1.81 bits per heavy atom. The Morgan fingerprint density at radius 1 is 1.10 bits per heavy atom. The van der Waals surface area contributed by atoms with Crippen LogP contribution in [0.5, 0.6) is 0 Å². The quantitative estimate of drug-likeness (QED) is 0.853. The number of hydrogen-bond donors (Lipinski definition) is 2. The second kappa shape index (κ2) is 7.04. The predicted octanol–water partition coefficient (Wildman–Crippen LogP) is 3.13. The predicted molar refractivity (Wildman–Crippen MR) is 85.3 cm³/mol. The average molecular weight is 302 g/mol. The van der Waals surface area contributed by atoms with Gasteiger partial charge in [-0.25, -0.2) is 0 Å². The van der Waals surface area contributed by atoms with Crippen LogP contribution < -0.4 is 10.6 Å². The van der Waals surface area contributed by atoms with E-state index in [4.69, 9.17) is 0 Å². The van der Waals surface area contributed by atoms with Gasteiger partial charge in [0.15, 0.2) is 0 Å². The van der Waals surface area contributed by atoms with Crippen molar-refractivity contribution in [3.8, 4) is 0 Å². The molecule has 0 aliphatic heterocycles. The highest BCUT2D eigenvalue weighted by atomic mass is 32.1. The maximum Gasteiger partial charge on any atom is 0.313 e. The van der Waals surface area contributed by atoms with E-state index in [1.807, 2.05) is 29.0 Å². The number of rotatable bonds is 4. The molecule has 1 heterocycles. The van der Waals surface area contributed by atoms with Gasteiger partial charge in [0.05, 0.1) is 0 Å². The van der Waals surface area contributed by atoms with Crippen LogP contribution in [0.3, 0.4) is 0 Å². The molecule has 4 nitrogen and oxygen atoms in total. The molecule has 1 aromatic heterocycles. The first kappa shape index (κ1) is 15.3. The number of carbonyl (C=O) groups is 2. The smallest absolute Gasteiger partial charge is 0.313 e. The van der Waals surface area contributed by atoms with E-state index in [1.54, 1.807) is 23.5 Å². The Hall–Kier alpha value is -2.14. The van der Waals surface area contributed by atoms with Crippen molar-refractivity contribution in [3.05, 3.63) is 52.2 Å². The molecule has 0 fully saturated rings. The summed E-state index contributed by atoms with van der Waals surface area (Å²) < 4.78 is 0. The summed E-state index contributed by atoms with van der Waals surface area (Å²) >= 11 is 1.55. The fraction of sp³-hybridized carbons (Fsp3) is 0.250. The molecule has 0 unspecified atom stereocenters. The number of anilines is 1. The highest BCUT2D eigenvalue weighted by Crippen LogP contribution is 2.17. The van der Waals surface area contributed by atoms with Gasteiger partial charge in [-0.15, -0.1) is 0 Å². The molecule has 0 radical (unpaired) electrons. The van der Waals surface area contributed by atoms with Gasteiger partial charge in [-0.2, -0.15) is 11.3 Å². The molecule has 0 aliphatic rings. The fourth-order valence-corrected chi connectivity index (χ4v) is 2.46. The third-order valence-electron chi connectivity index (χ3n) is 3.07. The van der Waals surface area contributed by atoms with Gasteiger partial charge in [-0.1, -0.05) is 26.0 Å². The first-order valence-corrected chi connectivity index (χ1v) is 7.70. The van der Waals surface area contributed by atoms with Gasteiger partial charge >= 0.3 is 11.8 Å². The normalized spacial score (nSPS) is 10.4. The molecule has 0 spiro atoms. The van der Waals surface area contributed by atoms with E-state index < -0.39 is 11.8 Å². The molecular formula is C16H18N2O2S. The van der Waals surface area contributed by atoms with Crippen LogP contribution in [0, 0.1) is 0 Å². The summed E-state index contributed by atoms with van der Waals surface area (Å²) in [7, 11) is 0. The summed E-state index contributed by atoms with van der Waals surface area (Å²) in [6.07, 6.45) is 0. The minimum Gasteiger partial charge on any atom is -0.344 e. The van der Waals surface area contributed by atoms with Gasteiger partial charge in [0.2, 0.25) is 0 Å². The summed E-state index contributed by atoms with van der Waals surface area (Å²) in [5.41, 5.74) is 2.80. The van der Waals surface area contributed by atoms with E-state index in [2.05, 4.69) is 24.5 Å². The molecule has 2 aromatic rings. The van der Waals surface area contributed by atoms with Crippen molar-refractivity contribution in [1.82, 2.24) is 5.32 Å². The van der Waals surface area contributed by atoms with E-state index in [9.17, 15) is 9.59 Å². The van der Waals surface area contributed by atoms with Gasteiger partial charge < -0.3 is 10.6 Å². The molecule has 110 valence electrons. The number of nitrogens with one attached hydrogen (secondary N) is 2. The van der Waals surface area contributed by atoms with Crippen molar-refractivity contribution < 1.29 is 9.59 Å². The Labute approximate surface area is 128 Å². The zero-order chi connectivity index (χ0) is 15.2. The zero-order valence-electron chi connectivity index (χ0n) is 12.1. The maximum absolute atomic E-state index is 11.8. The molecule has 21 heavy (non-hydrogen) atoms. The van der Waals surface area contributed by atoms with Crippen LogP contribution in [0.4, 0.5) is 5.69 Å². The zero-order valence-corrected chi connectivity index (χ0v) is 12.9. The molecule has 5 heteroatoms. The van der Waals surface area contributed by atoms with Crippen LogP contribution in [0.2, 0.25) is 0 Å². The monoisotopic (exact) mass is 302 g/mol. The van der Waals surface area contributed by atoms with Gasteiger partial charge in [-0.05, 0) is 46.0 Å². The summed E-state index contributed by atoms with van der Waals surface area (Å²) in [5, 5.41) is 9.04. The van der Waals surface area contributed by atoms with Crippen LogP contribution in [0.1, 0.15) is 30.9 Å². The van der Waals surface area contributed by atoms with E-state index in [0.29, 0.717) is 18.2 Å². The third kappa shape index (κ3) is 4.43. The lowest BCUT2D eigenvalue weighted by molar-refractivity contribution is -0.136. The van der Waals surface area contributed by atoms with Gasteiger partial charge in [-0.3, -0.25) is 9.59 Å².